The number of amides is 1. The Labute approximate surface area is 155 Å². The minimum absolute atomic E-state index is 0.0825. The van der Waals surface area contributed by atoms with Gasteiger partial charge in [-0.1, -0.05) is 25.1 Å². The van der Waals surface area contributed by atoms with E-state index in [-0.39, 0.29) is 5.91 Å². The van der Waals surface area contributed by atoms with Crippen LogP contribution < -0.4 is 19.9 Å². The molecular formula is C21H28N3O2+. The van der Waals surface area contributed by atoms with E-state index in [1.165, 1.54) is 16.2 Å². The van der Waals surface area contributed by atoms with Crippen molar-refractivity contribution in [1.82, 2.24) is 0 Å². The van der Waals surface area contributed by atoms with Crippen LogP contribution in [0.1, 0.15) is 12.5 Å². The molecule has 1 aliphatic heterocycles. The van der Waals surface area contributed by atoms with Crippen molar-refractivity contribution < 1.29 is 14.4 Å². The molecule has 26 heavy (non-hydrogen) atoms. The smallest absolute Gasteiger partial charge is 0.279 e. The molecule has 5 nitrogen and oxygen atoms in total. The van der Waals surface area contributed by atoms with E-state index in [1.54, 1.807) is 7.11 Å². The van der Waals surface area contributed by atoms with E-state index in [0.717, 1.165) is 44.0 Å². The summed E-state index contributed by atoms with van der Waals surface area (Å²) in [5, 5.41) is 3.01. The fourth-order valence-electron chi connectivity index (χ4n) is 3.32. The molecule has 5 heteroatoms. The normalized spacial score (nSPS) is 14.9. The molecule has 0 spiro atoms. The highest BCUT2D eigenvalue weighted by atomic mass is 16.5. The third-order valence-corrected chi connectivity index (χ3v) is 4.95. The van der Waals surface area contributed by atoms with E-state index in [0.29, 0.717) is 6.54 Å². The summed E-state index contributed by atoms with van der Waals surface area (Å²) in [4.78, 5) is 16.0. The molecule has 1 heterocycles. The lowest BCUT2D eigenvalue weighted by atomic mass is 10.1. The van der Waals surface area contributed by atoms with Crippen molar-refractivity contribution in [3.05, 3.63) is 54.1 Å². The maximum Gasteiger partial charge on any atom is 0.279 e. The molecule has 0 atom stereocenters. The second kappa shape index (κ2) is 8.72. The van der Waals surface area contributed by atoms with Crippen LogP contribution in [0.5, 0.6) is 5.75 Å². The zero-order chi connectivity index (χ0) is 18.4. The molecule has 0 saturated carbocycles. The standard InChI is InChI=1S/C21H27N3O2/c1-3-17-7-9-18(10-8-17)22-21(25)16-23-11-13-24(14-12-23)19-5-4-6-20(15-19)26-2/h4-10,15H,3,11-14,16H2,1-2H3,(H,22,25)/p+1. The third-order valence-electron chi connectivity index (χ3n) is 4.95. The Balaban J connectivity index is 1.47. The molecule has 2 aromatic rings. The number of benzene rings is 2. The van der Waals surface area contributed by atoms with Gasteiger partial charge in [0.2, 0.25) is 0 Å². The molecule has 2 aromatic carbocycles. The molecule has 0 bridgehead atoms. The third kappa shape index (κ3) is 4.76. The van der Waals surface area contributed by atoms with Crippen LogP contribution in [0.3, 0.4) is 0 Å². The van der Waals surface area contributed by atoms with Crippen LogP contribution in [0.25, 0.3) is 0 Å². The fraction of sp³-hybridized carbons (Fsp3) is 0.381. The lowest BCUT2D eigenvalue weighted by molar-refractivity contribution is -0.892. The van der Waals surface area contributed by atoms with Gasteiger partial charge in [0.25, 0.3) is 5.91 Å². The van der Waals surface area contributed by atoms with Crippen molar-refractivity contribution in [2.24, 2.45) is 0 Å². The molecule has 1 amide bonds. The number of rotatable bonds is 6. The van der Waals surface area contributed by atoms with Crippen LogP contribution >= 0.6 is 0 Å². The van der Waals surface area contributed by atoms with Crippen LogP contribution in [0, 0.1) is 0 Å². The Morgan fingerprint density at radius 2 is 1.88 bits per heavy atom. The first-order valence-electron chi connectivity index (χ1n) is 9.29. The Kier molecular flexibility index (Phi) is 6.12. The van der Waals surface area contributed by atoms with Crippen LogP contribution in [0.15, 0.2) is 48.5 Å². The van der Waals surface area contributed by atoms with Gasteiger partial charge in [-0.2, -0.15) is 0 Å². The summed E-state index contributed by atoms with van der Waals surface area (Å²) in [5.41, 5.74) is 3.34. The molecule has 1 aliphatic rings. The van der Waals surface area contributed by atoms with E-state index in [1.807, 2.05) is 24.3 Å². The number of hydrogen-bond donors (Lipinski definition) is 2. The van der Waals surface area contributed by atoms with Crippen molar-refractivity contribution in [2.75, 3.05) is 50.1 Å². The van der Waals surface area contributed by atoms with Gasteiger partial charge in [-0.3, -0.25) is 4.79 Å². The number of piperazine rings is 1. The first-order valence-corrected chi connectivity index (χ1v) is 9.29. The topological polar surface area (TPSA) is 46.0 Å². The number of anilines is 2. The number of nitrogens with zero attached hydrogens (tertiary/aromatic N) is 1. The number of hydrogen-bond acceptors (Lipinski definition) is 3. The van der Waals surface area contributed by atoms with Gasteiger partial charge < -0.3 is 19.9 Å². The molecule has 138 valence electrons. The van der Waals surface area contributed by atoms with Crippen molar-refractivity contribution in [3.8, 4) is 5.75 Å². The summed E-state index contributed by atoms with van der Waals surface area (Å²) in [6.45, 7) is 6.45. The Bertz CT molecular complexity index is 722. The first-order chi connectivity index (χ1) is 12.7. The van der Waals surface area contributed by atoms with Crippen molar-refractivity contribution >= 4 is 17.3 Å². The highest BCUT2D eigenvalue weighted by molar-refractivity contribution is 5.91. The Morgan fingerprint density at radius 1 is 1.15 bits per heavy atom. The maximum atomic E-state index is 12.3. The highest BCUT2D eigenvalue weighted by Crippen LogP contribution is 2.20. The van der Waals surface area contributed by atoms with Crippen molar-refractivity contribution in [3.63, 3.8) is 0 Å². The summed E-state index contributed by atoms with van der Waals surface area (Å²) in [7, 11) is 1.69. The van der Waals surface area contributed by atoms with E-state index in [2.05, 4.69) is 41.4 Å². The van der Waals surface area contributed by atoms with E-state index >= 15 is 0 Å². The molecular weight excluding hydrogens is 326 g/mol. The largest absolute Gasteiger partial charge is 0.497 e. The average Bonchev–Trinajstić information content (AvgIpc) is 2.69. The summed E-state index contributed by atoms with van der Waals surface area (Å²) >= 11 is 0. The highest BCUT2D eigenvalue weighted by Gasteiger charge is 2.22. The maximum absolute atomic E-state index is 12.3. The molecule has 2 N–H and O–H groups in total. The minimum Gasteiger partial charge on any atom is -0.497 e. The van der Waals surface area contributed by atoms with Crippen molar-refractivity contribution in [2.45, 2.75) is 13.3 Å². The number of aryl methyl sites for hydroxylation is 1. The lowest BCUT2D eigenvalue weighted by Crippen LogP contribution is -3.15. The van der Waals surface area contributed by atoms with Gasteiger partial charge in [0.1, 0.15) is 5.75 Å². The second-order valence-electron chi connectivity index (χ2n) is 6.71. The summed E-state index contributed by atoms with van der Waals surface area (Å²) in [6, 6.07) is 16.2. The van der Waals surface area contributed by atoms with Gasteiger partial charge in [-0.05, 0) is 36.2 Å². The predicted molar refractivity (Wildman–Crippen MR) is 105 cm³/mol. The van der Waals surface area contributed by atoms with Crippen LogP contribution in [0.4, 0.5) is 11.4 Å². The van der Waals surface area contributed by atoms with Gasteiger partial charge >= 0.3 is 0 Å². The van der Waals surface area contributed by atoms with Crippen molar-refractivity contribution in [1.29, 1.82) is 0 Å². The first kappa shape index (κ1) is 18.3. The van der Waals surface area contributed by atoms with Gasteiger partial charge in [0.15, 0.2) is 6.54 Å². The van der Waals surface area contributed by atoms with E-state index < -0.39 is 0 Å². The molecule has 0 aliphatic carbocycles. The van der Waals surface area contributed by atoms with Crippen LogP contribution in [-0.4, -0.2) is 45.7 Å². The zero-order valence-electron chi connectivity index (χ0n) is 15.6. The fourth-order valence-corrected chi connectivity index (χ4v) is 3.32. The number of carbonyl (C=O) groups is 1. The van der Waals surface area contributed by atoms with Gasteiger partial charge in [-0.15, -0.1) is 0 Å². The number of methoxy groups -OCH3 is 1. The Morgan fingerprint density at radius 3 is 2.54 bits per heavy atom. The summed E-state index contributed by atoms with van der Waals surface area (Å²) in [5.74, 6) is 0.963. The lowest BCUT2D eigenvalue weighted by Gasteiger charge is -2.33. The van der Waals surface area contributed by atoms with Crippen LogP contribution in [-0.2, 0) is 11.2 Å². The van der Waals surface area contributed by atoms with E-state index in [4.69, 9.17) is 4.74 Å². The van der Waals surface area contributed by atoms with Crippen LogP contribution in [0.2, 0.25) is 0 Å². The number of carbonyl (C=O) groups excluding carboxylic acids is 1. The summed E-state index contributed by atoms with van der Waals surface area (Å²) < 4.78 is 5.31. The average molecular weight is 354 g/mol. The monoisotopic (exact) mass is 354 g/mol. The molecule has 0 unspecified atom stereocenters. The predicted octanol–water partition coefficient (Wildman–Crippen LogP) is 1.60. The van der Waals surface area contributed by atoms with Gasteiger partial charge in [0, 0.05) is 17.4 Å². The zero-order valence-corrected chi connectivity index (χ0v) is 15.6. The number of ether oxygens (including phenoxy) is 1. The number of nitrogens with one attached hydrogen (secondary N) is 2. The minimum atomic E-state index is 0.0825. The molecule has 0 radical (unpaired) electrons. The quantitative estimate of drug-likeness (QED) is 0.828. The van der Waals surface area contributed by atoms with E-state index in [9.17, 15) is 4.79 Å². The second-order valence-corrected chi connectivity index (χ2v) is 6.71. The molecule has 1 fully saturated rings. The molecule has 1 saturated heterocycles. The molecule has 0 aromatic heterocycles. The Hall–Kier alpha value is -2.53. The summed E-state index contributed by atoms with van der Waals surface area (Å²) in [6.07, 6.45) is 1.01. The SMILES string of the molecule is CCc1ccc(NC(=O)C[NH+]2CCN(c3cccc(OC)c3)CC2)cc1. The molecule has 3 rings (SSSR count). The number of quaternary nitrogens is 1. The van der Waals surface area contributed by atoms with Gasteiger partial charge in [0.05, 0.1) is 33.3 Å². The van der Waals surface area contributed by atoms with Gasteiger partial charge in [-0.25, -0.2) is 0 Å².